The molecule has 2 rings (SSSR count). The summed E-state index contributed by atoms with van der Waals surface area (Å²) in [4.78, 5) is 55.6. The van der Waals surface area contributed by atoms with Gasteiger partial charge < -0.3 is 25.0 Å². The van der Waals surface area contributed by atoms with Gasteiger partial charge in [0.15, 0.2) is 0 Å². The highest BCUT2D eigenvalue weighted by atomic mass is 16.6. The minimum absolute atomic E-state index is 0.00681. The number of amides is 3. The highest BCUT2D eigenvalue weighted by Crippen LogP contribution is 2.30. The van der Waals surface area contributed by atoms with Crippen molar-refractivity contribution in [2.24, 2.45) is 5.92 Å². The number of hydrogen-bond acceptors (Lipinski definition) is 6. The SMILES string of the molecule is CCOC(=O)CCNC(=O)C(c1ccc(C)cc1C)N(C(=O)C(Cc1ccccc1)NC(=O)OC(C)(C)C)C(C)CCC(C)C. The highest BCUT2D eigenvalue weighted by Gasteiger charge is 2.39. The van der Waals surface area contributed by atoms with Gasteiger partial charge in [0.1, 0.15) is 17.7 Å². The maximum absolute atomic E-state index is 14.8. The lowest BCUT2D eigenvalue weighted by Gasteiger charge is -2.39. The van der Waals surface area contributed by atoms with E-state index in [0.717, 1.165) is 23.1 Å². The van der Waals surface area contributed by atoms with Crippen LogP contribution in [0.25, 0.3) is 0 Å². The molecule has 0 spiro atoms. The Labute approximate surface area is 269 Å². The van der Waals surface area contributed by atoms with E-state index in [-0.39, 0.29) is 32.0 Å². The second-order valence-electron chi connectivity index (χ2n) is 13.1. The van der Waals surface area contributed by atoms with E-state index >= 15 is 0 Å². The minimum atomic E-state index is -1.01. The molecule has 0 bridgehead atoms. The number of hydrogen-bond donors (Lipinski definition) is 2. The standard InChI is InChI=1S/C36H53N3O6/c1-10-44-31(40)20-21-37-33(41)32(29-19-17-25(4)22-26(29)5)39(27(6)18-16-24(2)3)34(42)30(23-28-14-12-11-13-15-28)38-35(43)45-36(7,8)9/h11-15,17,19,22,24,27,30,32H,10,16,18,20-21,23H2,1-9H3,(H,37,41)(H,38,43). The summed E-state index contributed by atoms with van der Waals surface area (Å²) in [5, 5.41) is 5.70. The monoisotopic (exact) mass is 623 g/mol. The molecule has 9 nitrogen and oxygen atoms in total. The topological polar surface area (TPSA) is 114 Å². The number of alkyl carbamates (subject to hydrolysis) is 1. The van der Waals surface area contributed by atoms with Crippen LogP contribution >= 0.6 is 0 Å². The maximum atomic E-state index is 14.8. The predicted molar refractivity (Wildman–Crippen MR) is 177 cm³/mol. The van der Waals surface area contributed by atoms with E-state index in [1.54, 1.807) is 32.6 Å². The minimum Gasteiger partial charge on any atom is -0.466 e. The van der Waals surface area contributed by atoms with Crippen LogP contribution < -0.4 is 10.6 Å². The fourth-order valence-electron chi connectivity index (χ4n) is 5.16. The Balaban J connectivity index is 2.64. The molecule has 0 saturated carbocycles. The van der Waals surface area contributed by atoms with Crippen LogP contribution in [0.15, 0.2) is 48.5 Å². The van der Waals surface area contributed by atoms with Crippen molar-refractivity contribution in [3.63, 3.8) is 0 Å². The van der Waals surface area contributed by atoms with Gasteiger partial charge in [-0.05, 0) is 83.9 Å². The molecule has 3 amide bonds. The number of carbonyl (C=O) groups is 4. The van der Waals surface area contributed by atoms with Gasteiger partial charge in [0, 0.05) is 19.0 Å². The molecule has 0 aliphatic heterocycles. The highest BCUT2D eigenvalue weighted by molar-refractivity contribution is 5.93. The molecule has 0 heterocycles. The van der Waals surface area contributed by atoms with Gasteiger partial charge in [0.2, 0.25) is 11.8 Å². The third-order valence-electron chi connectivity index (χ3n) is 7.34. The lowest BCUT2D eigenvalue weighted by atomic mass is 9.93. The Morgan fingerprint density at radius 2 is 1.60 bits per heavy atom. The summed E-state index contributed by atoms with van der Waals surface area (Å²) in [5.74, 6) is -0.843. The second kappa shape index (κ2) is 17.6. The molecule has 3 unspecified atom stereocenters. The number of ether oxygens (including phenoxy) is 2. The summed E-state index contributed by atoms with van der Waals surface area (Å²) < 4.78 is 10.6. The summed E-state index contributed by atoms with van der Waals surface area (Å²) >= 11 is 0. The van der Waals surface area contributed by atoms with Gasteiger partial charge >= 0.3 is 12.1 Å². The number of benzene rings is 2. The average Bonchev–Trinajstić information content (AvgIpc) is 2.94. The average molecular weight is 624 g/mol. The first-order valence-electron chi connectivity index (χ1n) is 16.0. The number of aryl methyl sites for hydroxylation is 2. The molecule has 2 aromatic carbocycles. The van der Waals surface area contributed by atoms with Crippen molar-refractivity contribution < 1.29 is 28.7 Å². The van der Waals surface area contributed by atoms with Crippen LogP contribution in [0.5, 0.6) is 0 Å². The molecule has 2 aromatic rings. The van der Waals surface area contributed by atoms with Crippen molar-refractivity contribution in [1.29, 1.82) is 0 Å². The number of nitrogens with zero attached hydrogens (tertiary/aromatic N) is 1. The second-order valence-corrected chi connectivity index (χ2v) is 13.1. The zero-order chi connectivity index (χ0) is 33.7. The Kier molecular flexibility index (Phi) is 14.6. The van der Waals surface area contributed by atoms with Gasteiger partial charge in [-0.1, -0.05) is 67.9 Å². The molecule has 45 heavy (non-hydrogen) atoms. The Morgan fingerprint density at radius 1 is 0.933 bits per heavy atom. The van der Waals surface area contributed by atoms with E-state index in [2.05, 4.69) is 24.5 Å². The molecule has 0 fully saturated rings. The van der Waals surface area contributed by atoms with E-state index < -0.39 is 41.6 Å². The predicted octanol–water partition coefficient (Wildman–Crippen LogP) is 6.20. The fraction of sp³-hybridized carbons (Fsp3) is 0.556. The first kappa shape index (κ1) is 37.3. The van der Waals surface area contributed by atoms with Crippen LogP contribution in [-0.4, -0.2) is 59.6 Å². The summed E-state index contributed by atoms with van der Waals surface area (Å²) in [7, 11) is 0. The quantitative estimate of drug-likeness (QED) is 0.228. The van der Waals surface area contributed by atoms with Crippen LogP contribution in [-0.2, 0) is 30.3 Å². The summed E-state index contributed by atoms with van der Waals surface area (Å²) in [5.41, 5.74) is 2.64. The lowest BCUT2D eigenvalue weighted by molar-refractivity contribution is -0.146. The van der Waals surface area contributed by atoms with Gasteiger partial charge in [-0.25, -0.2) is 4.79 Å². The number of esters is 1. The van der Waals surface area contributed by atoms with Gasteiger partial charge in [-0.15, -0.1) is 0 Å². The van der Waals surface area contributed by atoms with E-state index in [1.807, 2.05) is 69.3 Å². The van der Waals surface area contributed by atoms with Gasteiger partial charge in [-0.3, -0.25) is 14.4 Å². The van der Waals surface area contributed by atoms with Crippen molar-refractivity contribution >= 4 is 23.9 Å². The lowest BCUT2D eigenvalue weighted by Crippen LogP contribution is -2.56. The zero-order valence-electron chi connectivity index (χ0n) is 28.6. The molecular formula is C36H53N3O6. The van der Waals surface area contributed by atoms with E-state index in [4.69, 9.17) is 9.47 Å². The molecule has 2 N–H and O–H groups in total. The van der Waals surface area contributed by atoms with Crippen molar-refractivity contribution in [3.05, 3.63) is 70.8 Å². The normalized spacial score (nSPS) is 13.4. The van der Waals surface area contributed by atoms with Crippen LogP contribution in [0.4, 0.5) is 4.79 Å². The Hall–Kier alpha value is -3.88. The number of nitrogens with one attached hydrogen (secondary N) is 2. The summed E-state index contributed by atoms with van der Waals surface area (Å²) in [6.07, 6.45) is 0.973. The Morgan fingerprint density at radius 3 is 2.18 bits per heavy atom. The number of rotatable bonds is 15. The van der Waals surface area contributed by atoms with Crippen LogP contribution in [0.1, 0.15) is 96.0 Å². The van der Waals surface area contributed by atoms with E-state index in [9.17, 15) is 19.2 Å². The van der Waals surface area contributed by atoms with E-state index in [1.165, 1.54) is 0 Å². The molecule has 0 radical (unpaired) electrons. The fourth-order valence-corrected chi connectivity index (χ4v) is 5.16. The summed E-state index contributed by atoms with van der Waals surface area (Å²) in [6.45, 7) is 17.4. The molecule has 3 atom stereocenters. The molecule has 0 aliphatic rings. The molecule has 0 aromatic heterocycles. The number of carbonyl (C=O) groups excluding carboxylic acids is 4. The van der Waals surface area contributed by atoms with E-state index in [0.29, 0.717) is 17.9 Å². The molecule has 0 saturated heterocycles. The van der Waals surface area contributed by atoms with Crippen LogP contribution in [0, 0.1) is 19.8 Å². The third-order valence-corrected chi connectivity index (χ3v) is 7.34. The molecule has 248 valence electrons. The first-order chi connectivity index (χ1) is 21.1. The van der Waals surface area contributed by atoms with Crippen molar-refractivity contribution in [3.8, 4) is 0 Å². The van der Waals surface area contributed by atoms with Gasteiger partial charge in [-0.2, -0.15) is 0 Å². The van der Waals surface area contributed by atoms with Gasteiger partial charge in [0.25, 0.3) is 0 Å². The van der Waals surface area contributed by atoms with Crippen molar-refractivity contribution in [1.82, 2.24) is 15.5 Å². The Bertz CT molecular complexity index is 1270. The maximum Gasteiger partial charge on any atom is 0.408 e. The smallest absolute Gasteiger partial charge is 0.408 e. The molecular weight excluding hydrogens is 570 g/mol. The third kappa shape index (κ3) is 12.6. The largest absolute Gasteiger partial charge is 0.466 e. The van der Waals surface area contributed by atoms with Crippen LogP contribution in [0.3, 0.4) is 0 Å². The van der Waals surface area contributed by atoms with Crippen molar-refractivity contribution in [2.45, 2.75) is 112 Å². The zero-order valence-corrected chi connectivity index (χ0v) is 28.6. The molecule has 9 heteroatoms. The van der Waals surface area contributed by atoms with Crippen LogP contribution in [0.2, 0.25) is 0 Å². The molecule has 0 aliphatic carbocycles. The van der Waals surface area contributed by atoms with Crippen molar-refractivity contribution in [2.75, 3.05) is 13.2 Å². The first-order valence-corrected chi connectivity index (χ1v) is 16.0. The van der Waals surface area contributed by atoms with Gasteiger partial charge in [0.05, 0.1) is 13.0 Å². The summed E-state index contributed by atoms with van der Waals surface area (Å²) in [6, 6.07) is 12.8.